The van der Waals surface area contributed by atoms with Crippen molar-refractivity contribution in [2.24, 2.45) is 0 Å². The average Bonchev–Trinajstić information content (AvgIpc) is 2.90. The fourth-order valence-corrected chi connectivity index (χ4v) is 2.53. The Morgan fingerprint density at radius 2 is 2.17 bits per heavy atom. The number of pyridine rings is 1. The second-order valence-corrected chi connectivity index (χ2v) is 5.25. The van der Waals surface area contributed by atoms with Crippen molar-refractivity contribution < 1.29 is 18.7 Å². The highest BCUT2D eigenvalue weighted by Crippen LogP contribution is 2.28. The van der Waals surface area contributed by atoms with Gasteiger partial charge in [-0.25, -0.2) is 9.78 Å². The molecular formula is C16H11N3O5. The molecule has 0 fully saturated rings. The van der Waals surface area contributed by atoms with Gasteiger partial charge in [-0.05, 0) is 30.3 Å². The average molecular weight is 325 g/mol. The largest absolute Gasteiger partial charge is 0.482 e. The summed E-state index contributed by atoms with van der Waals surface area (Å²) in [6.45, 7) is -0.265. The molecule has 0 bridgehead atoms. The van der Waals surface area contributed by atoms with Crippen molar-refractivity contribution >= 4 is 28.6 Å². The quantitative estimate of drug-likeness (QED) is 0.726. The maximum absolute atomic E-state index is 12.5. The summed E-state index contributed by atoms with van der Waals surface area (Å²) < 4.78 is 11.5. The second kappa shape index (κ2) is 5.34. The molecule has 24 heavy (non-hydrogen) atoms. The molecule has 1 aliphatic rings. The van der Waals surface area contributed by atoms with Gasteiger partial charge in [-0.3, -0.25) is 14.2 Å². The van der Waals surface area contributed by atoms with Crippen LogP contribution < -0.4 is 15.8 Å². The molecule has 1 N–H and O–H groups in total. The summed E-state index contributed by atoms with van der Waals surface area (Å²) in [5, 5.41) is 2.64. The second-order valence-electron chi connectivity index (χ2n) is 5.25. The van der Waals surface area contributed by atoms with Crippen LogP contribution >= 0.6 is 0 Å². The van der Waals surface area contributed by atoms with E-state index in [0.717, 1.165) is 0 Å². The Bertz CT molecular complexity index is 1030. The smallest absolute Gasteiger partial charge is 0.421 e. The van der Waals surface area contributed by atoms with Crippen molar-refractivity contribution in [3.63, 3.8) is 0 Å². The van der Waals surface area contributed by atoms with Gasteiger partial charge >= 0.3 is 5.76 Å². The van der Waals surface area contributed by atoms with Crippen LogP contribution in [0.1, 0.15) is 10.4 Å². The van der Waals surface area contributed by atoms with Crippen molar-refractivity contribution in [3.8, 4) is 5.75 Å². The number of nitrogens with one attached hydrogen (secondary N) is 1. The molecule has 0 radical (unpaired) electrons. The topological polar surface area (TPSA) is 103 Å². The van der Waals surface area contributed by atoms with Gasteiger partial charge in [0.25, 0.3) is 5.91 Å². The zero-order chi connectivity index (χ0) is 16.7. The fourth-order valence-electron chi connectivity index (χ4n) is 2.53. The number of hydrogen-bond donors (Lipinski definition) is 1. The normalized spacial score (nSPS) is 13.2. The highest BCUT2D eigenvalue weighted by molar-refractivity contribution is 6.00. The first kappa shape index (κ1) is 14.2. The first-order valence-corrected chi connectivity index (χ1v) is 7.16. The molecule has 120 valence electrons. The lowest BCUT2D eigenvalue weighted by molar-refractivity contribution is -0.118. The van der Waals surface area contributed by atoms with E-state index in [0.29, 0.717) is 28.2 Å². The Balaban J connectivity index is 1.67. The number of fused-ring (bicyclic) bond motifs is 2. The van der Waals surface area contributed by atoms with Crippen molar-refractivity contribution in [3.05, 3.63) is 52.6 Å². The Kier molecular flexibility index (Phi) is 3.16. The van der Waals surface area contributed by atoms with Crippen LogP contribution in [0.3, 0.4) is 0 Å². The summed E-state index contributed by atoms with van der Waals surface area (Å²) in [6.07, 6.45) is 1.52. The van der Waals surface area contributed by atoms with Crippen LogP contribution in [0.2, 0.25) is 0 Å². The Labute approximate surface area is 134 Å². The lowest BCUT2D eigenvalue weighted by atomic mass is 10.1. The summed E-state index contributed by atoms with van der Waals surface area (Å²) in [7, 11) is 0. The van der Waals surface area contributed by atoms with E-state index in [1.165, 1.54) is 16.8 Å². The number of hydrogen-bond acceptors (Lipinski definition) is 6. The molecule has 1 aromatic carbocycles. The SMILES string of the molecule is O=C1COc2ccc(C(=O)Cn3c(=O)oc4cccnc43)cc2N1. The minimum absolute atomic E-state index is 0.0532. The van der Waals surface area contributed by atoms with E-state index < -0.39 is 5.76 Å². The molecule has 1 amide bonds. The lowest BCUT2D eigenvalue weighted by Gasteiger charge is -2.18. The molecule has 3 heterocycles. The third-order valence-electron chi connectivity index (χ3n) is 3.66. The molecule has 4 rings (SSSR count). The van der Waals surface area contributed by atoms with E-state index in [1.54, 1.807) is 24.3 Å². The predicted octanol–water partition coefficient (Wildman–Crippen LogP) is 1.20. The molecule has 3 aromatic rings. The minimum atomic E-state index is -0.647. The number of aromatic nitrogens is 2. The minimum Gasteiger partial charge on any atom is -0.482 e. The van der Waals surface area contributed by atoms with E-state index in [4.69, 9.17) is 9.15 Å². The summed E-state index contributed by atoms with van der Waals surface area (Å²) in [4.78, 5) is 39.8. The van der Waals surface area contributed by atoms with E-state index >= 15 is 0 Å². The van der Waals surface area contributed by atoms with Gasteiger partial charge in [0, 0.05) is 11.8 Å². The summed E-state index contributed by atoms with van der Waals surface area (Å²) in [6, 6.07) is 7.96. The predicted molar refractivity (Wildman–Crippen MR) is 83.2 cm³/mol. The van der Waals surface area contributed by atoms with Gasteiger partial charge in [0.05, 0.1) is 12.2 Å². The Morgan fingerprint density at radius 3 is 3.04 bits per heavy atom. The maximum atomic E-state index is 12.5. The van der Waals surface area contributed by atoms with Crippen LogP contribution in [-0.4, -0.2) is 27.8 Å². The Hall–Kier alpha value is -3.42. The zero-order valence-electron chi connectivity index (χ0n) is 12.3. The molecule has 1 aliphatic heterocycles. The molecular weight excluding hydrogens is 314 g/mol. The number of carbonyl (C=O) groups excluding carboxylic acids is 2. The number of Topliss-reactive ketones (excluding diaryl/α,β-unsaturated/α-hetero) is 1. The number of rotatable bonds is 3. The number of amides is 1. The van der Waals surface area contributed by atoms with E-state index in [-0.39, 0.29) is 24.8 Å². The van der Waals surface area contributed by atoms with Crippen LogP contribution in [0.4, 0.5) is 5.69 Å². The van der Waals surface area contributed by atoms with Crippen LogP contribution in [-0.2, 0) is 11.3 Å². The number of anilines is 1. The molecule has 8 nitrogen and oxygen atoms in total. The van der Waals surface area contributed by atoms with Crippen molar-refractivity contribution in [2.75, 3.05) is 11.9 Å². The molecule has 0 spiro atoms. The van der Waals surface area contributed by atoms with Crippen molar-refractivity contribution in [1.29, 1.82) is 0 Å². The summed E-state index contributed by atoms with van der Waals surface area (Å²) >= 11 is 0. The Morgan fingerprint density at radius 1 is 1.29 bits per heavy atom. The first-order valence-electron chi connectivity index (χ1n) is 7.16. The fraction of sp³-hybridized carbons (Fsp3) is 0.125. The van der Waals surface area contributed by atoms with Crippen LogP contribution in [0, 0.1) is 0 Å². The number of carbonyl (C=O) groups is 2. The van der Waals surface area contributed by atoms with Crippen molar-refractivity contribution in [1.82, 2.24) is 9.55 Å². The molecule has 0 atom stereocenters. The molecule has 0 unspecified atom stereocenters. The summed E-state index contributed by atoms with van der Waals surface area (Å²) in [5.41, 5.74) is 1.41. The number of oxazole rings is 1. The van der Waals surface area contributed by atoms with Gasteiger partial charge in [0.2, 0.25) is 0 Å². The van der Waals surface area contributed by atoms with Gasteiger partial charge in [0.15, 0.2) is 23.6 Å². The number of benzene rings is 1. The molecule has 0 saturated heterocycles. The van der Waals surface area contributed by atoms with Gasteiger partial charge < -0.3 is 14.5 Å². The van der Waals surface area contributed by atoms with Crippen LogP contribution in [0.15, 0.2) is 45.7 Å². The van der Waals surface area contributed by atoms with Gasteiger partial charge in [-0.2, -0.15) is 0 Å². The number of ether oxygens (including phenoxy) is 1. The lowest BCUT2D eigenvalue weighted by Crippen LogP contribution is -2.26. The third kappa shape index (κ3) is 2.34. The molecule has 0 aliphatic carbocycles. The van der Waals surface area contributed by atoms with Gasteiger partial charge in [0.1, 0.15) is 5.75 Å². The van der Waals surface area contributed by atoms with E-state index in [9.17, 15) is 14.4 Å². The summed E-state index contributed by atoms with van der Waals surface area (Å²) in [5.74, 6) is -0.744. The number of nitrogens with zero attached hydrogens (tertiary/aromatic N) is 2. The first-order chi connectivity index (χ1) is 11.6. The van der Waals surface area contributed by atoms with E-state index in [2.05, 4.69) is 10.3 Å². The molecule has 0 saturated carbocycles. The van der Waals surface area contributed by atoms with Crippen LogP contribution in [0.25, 0.3) is 11.2 Å². The molecule has 2 aromatic heterocycles. The molecule has 8 heteroatoms. The standard InChI is InChI=1S/C16H11N3O5/c20-11(7-19-15-13(24-16(19)22)2-1-5-17-15)9-3-4-12-10(6-9)18-14(21)8-23-12/h1-6H,7-8H2,(H,18,21). The maximum Gasteiger partial charge on any atom is 0.421 e. The highest BCUT2D eigenvalue weighted by Gasteiger charge is 2.19. The van der Waals surface area contributed by atoms with Crippen LogP contribution in [0.5, 0.6) is 5.75 Å². The van der Waals surface area contributed by atoms with Gasteiger partial charge in [-0.15, -0.1) is 0 Å². The van der Waals surface area contributed by atoms with E-state index in [1.807, 2.05) is 0 Å². The third-order valence-corrected chi connectivity index (χ3v) is 3.66. The monoisotopic (exact) mass is 325 g/mol. The van der Waals surface area contributed by atoms with Gasteiger partial charge in [-0.1, -0.05) is 0 Å². The zero-order valence-corrected chi connectivity index (χ0v) is 12.3. The van der Waals surface area contributed by atoms with Crippen molar-refractivity contribution in [2.45, 2.75) is 6.54 Å². The highest BCUT2D eigenvalue weighted by atomic mass is 16.5. The number of ketones is 1.